The monoisotopic (exact) mass is 359 g/mol. The van der Waals surface area contributed by atoms with Gasteiger partial charge < -0.3 is 4.90 Å². The number of hydrogen-bond donors (Lipinski definition) is 0. The summed E-state index contributed by atoms with van der Waals surface area (Å²) in [5.41, 5.74) is 5.27. The summed E-state index contributed by atoms with van der Waals surface area (Å²) in [7, 11) is -3.17. The SMILES string of the molecule is CS(=O)(=O)c1ccc2c(c1)CCCN2Cc1cccc2nsnc12. The predicted molar refractivity (Wildman–Crippen MR) is 96.3 cm³/mol. The molecule has 0 amide bonds. The van der Waals surface area contributed by atoms with E-state index in [4.69, 9.17) is 0 Å². The van der Waals surface area contributed by atoms with Gasteiger partial charge in [0.05, 0.1) is 16.6 Å². The van der Waals surface area contributed by atoms with Crippen LogP contribution in [0.15, 0.2) is 41.3 Å². The van der Waals surface area contributed by atoms with E-state index in [9.17, 15) is 8.42 Å². The molecule has 0 saturated heterocycles. The van der Waals surface area contributed by atoms with Crippen molar-refractivity contribution in [3.8, 4) is 0 Å². The molecule has 0 bridgehead atoms. The highest BCUT2D eigenvalue weighted by Gasteiger charge is 2.20. The Morgan fingerprint density at radius 3 is 2.92 bits per heavy atom. The van der Waals surface area contributed by atoms with Crippen LogP contribution in [0.3, 0.4) is 0 Å². The number of sulfone groups is 1. The minimum absolute atomic E-state index is 0.397. The summed E-state index contributed by atoms with van der Waals surface area (Å²) in [5, 5.41) is 0. The Morgan fingerprint density at radius 1 is 1.21 bits per heavy atom. The molecule has 1 aromatic heterocycles. The zero-order valence-corrected chi connectivity index (χ0v) is 14.9. The van der Waals surface area contributed by atoms with Gasteiger partial charge in [-0.05, 0) is 42.7 Å². The molecule has 0 unspecified atom stereocenters. The van der Waals surface area contributed by atoms with E-state index in [1.54, 1.807) is 6.07 Å². The molecule has 1 aliphatic rings. The maximum atomic E-state index is 11.8. The number of rotatable bonds is 3. The van der Waals surface area contributed by atoms with Crippen LogP contribution in [-0.2, 0) is 22.8 Å². The van der Waals surface area contributed by atoms with Gasteiger partial charge in [-0.3, -0.25) is 0 Å². The smallest absolute Gasteiger partial charge is 0.175 e. The second-order valence-electron chi connectivity index (χ2n) is 6.14. The van der Waals surface area contributed by atoms with Crippen molar-refractivity contribution in [1.82, 2.24) is 8.75 Å². The molecule has 3 aromatic rings. The summed E-state index contributed by atoms with van der Waals surface area (Å²) < 4.78 is 32.3. The van der Waals surface area contributed by atoms with Crippen molar-refractivity contribution in [2.75, 3.05) is 17.7 Å². The summed E-state index contributed by atoms with van der Waals surface area (Å²) in [6.07, 6.45) is 3.19. The number of benzene rings is 2. The molecule has 0 atom stereocenters. The Balaban J connectivity index is 1.71. The van der Waals surface area contributed by atoms with Gasteiger partial charge in [0.2, 0.25) is 0 Å². The number of fused-ring (bicyclic) bond motifs is 2. The van der Waals surface area contributed by atoms with Crippen molar-refractivity contribution < 1.29 is 8.42 Å². The highest BCUT2D eigenvalue weighted by atomic mass is 32.2. The third-order valence-corrected chi connectivity index (χ3v) is 6.08. The lowest BCUT2D eigenvalue weighted by Crippen LogP contribution is -2.29. The topological polar surface area (TPSA) is 63.2 Å². The van der Waals surface area contributed by atoms with E-state index in [0.717, 1.165) is 53.8 Å². The van der Waals surface area contributed by atoms with Gasteiger partial charge in [0.25, 0.3) is 0 Å². The van der Waals surface area contributed by atoms with Crippen LogP contribution in [0.25, 0.3) is 11.0 Å². The van der Waals surface area contributed by atoms with E-state index in [1.807, 2.05) is 24.3 Å². The predicted octanol–water partition coefficient (Wildman–Crippen LogP) is 3.05. The van der Waals surface area contributed by atoms with E-state index in [0.29, 0.717) is 4.90 Å². The van der Waals surface area contributed by atoms with Crippen molar-refractivity contribution in [3.63, 3.8) is 0 Å². The van der Waals surface area contributed by atoms with Crippen LogP contribution < -0.4 is 4.90 Å². The van der Waals surface area contributed by atoms with Crippen LogP contribution in [0.2, 0.25) is 0 Å². The van der Waals surface area contributed by atoms with Gasteiger partial charge in [-0.1, -0.05) is 12.1 Å². The molecule has 0 spiro atoms. The Labute approximate surface area is 145 Å². The summed E-state index contributed by atoms with van der Waals surface area (Å²) in [6.45, 7) is 1.72. The van der Waals surface area contributed by atoms with Crippen LogP contribution in [0, 0.1) is 0 Å². The third-order valence-electron chi connectivity index (χ3n) is 4.42. The first-order valence-electron chi connectivity index (χ1n) is 7.80. The van der Waals surface area contributed by atoms with Gasteiger partial charge in [0, 0.05) is 30.6 Å². The average molecular weight is 359 g/mol. The number of anilines is 1. The van der Waals surface area contributed by atoms with E-state index >= 15 is 0 Å². The molecule has 0 radical (unpaired) electrons. The van der Waals surface area contributed by atoms with E-state index in [2.05, 4.69) is 19.7 Å². The Bertz CT molecular complexity index is 1010. The van der Waals surface area contributed by atoms with Crippen LogP contribution in [0.5, 0.6) is 0 Å². The fourth-order valence-corrected chi connectivity index (χ4v) is 4.48. The van der Waals surface area contributed by atoms with E-state index in [-0.39, 0.29) is 0 Å². The van der Waals surface area contributed by atoms with Crippen LogP contribution >= 0.6 is 11.7 Å². The largest absolute Gasteiger partial charge is 0.367 e. The zero-order valence-electron chi connectivity index (χ0n) is 13.3. The number of aryl methyl sites for hydroxylation is 1. The van der Waals surface area contributed by atoms with E-state index in [1.165, 1.54) is 18.0 Å². The van der Waals surface area contributed by atoms with Crippen molar-refractivity contribution >= 4 is 38.3 Å². The van der Waals surface area contributed by atoms with Crippen molar-refractivity contribution in [1.29, 1.82) is 0 Å². The Morgan fingerprint density at radius 2 is 2.08 bits per heavy atom. The molecule has 2 aromatic carbocycles. The molecule has 0 fully saturated rings. The molecule has 0 N–H and O–H groups in total. The molecule has 7 heteroatoms. The summed E-state index contributed by atoms with van der Waals surface area (Å²) >= 11 is 1.23. The van der Waals surface area contributed by atoms with Crippen LogP contribution in [0.1, 0.15) is 17.5 Å². The van der Waals surface area contributed by atoms with Gasteiger partial charge in [0.15, 0.2) is 9.84 Å². The molecule has 2 heterocycles. The Kier molecular flexibility index (Phi) is 3.77. The van der Waals surface area contributed by atoms with E-state index < -0.39 is 9.84 Å². The number of nitrogens with zero attached hydrogens (tertiary/aromatic N) is 3. The maximum Gasteiger partial charge on any atom is 0.175 e. The minimum Gasteiger partial charge on any atom is -0.367 e. The molecule has 0 aliphatic carbocycles. The molecule has 24 heavy (non-hydrogen) atoms. The standard InChI is InChI=1S/C17H17N3O2S2/c1-24(21,22)14-7-8-16-12(10-14)5-3-9-20(16)11-13-4-2-6-15-17(13)19-23-18-15/h2,4,6-8,10H,3,5,9,11H2,1H3. The van der Waals surface area contributed by atoms with Gasteiger partial charge in [-0.15, -0.1) is 0 Å². The maximum absolute atomic E-state index is 11.8. The highest BCUT2D eigenvalue weighted by molar-refractivity contribution is 7.90. The Hall–Kier alpha value is -1.99. The van der Waals surface area contributed by atoms with Gasteiger partial charge in [-0.25, -0.2) is 8.42 Å². The third kappa shape index (κ3) is 2.78. The molecule has 4 rings (SSSR count). The molecular weight excluding hydrogens is 342 g/mol. The first-order valence-corrected chi connectivity index (χ1v) is 10.4. The lowest BCUT2D eigenvalue weighted by atomic mass is 10.0. The van der Waals surface area contributed by atoms with Crippen molar-refractivity contribution in [3.05, 3.63) is 47.5 Å². The highest BCUT2D eigenvalue weighted by Crippen LogP contribution is 2.31. The molecular formula is C17H17N3O2S2. The van der Waals surface area contributed by atoms with Gasteiger partial charge in [0.1, 0.15) is 11.0 Å². The van der Waals surface area contributed by atoms with Crippen molar-refractivity contribution in [2.45, 2.75) is 24.3 Å². The fraction of sp³-hybridized carbons (Fsp3) is 0.294. The summed E-state index contributed by atoms with van der Waals surface area (Å²) in [5.74, 6) is 0. The quantitative estimate of drug-likeness (QED) is 0.719. The lowest BCUT2D eigenvalue weighted by molar-refractivity contribution is 0.601. The second kappa shape index (κ2) is 5.82. The summed E-state index contributed by atoms with van der Waals surface area (Å²) in [6, 6.07) is 11.5. The molecule has 0 saturated carbocycles. The summed E-state index contributed by atoms with van der Waals surface area (Å²) in [4.78, 5) is 2.70. The first-order chi connectivity index (χ1) is 11.5. The fourth-order valence-electron chi connectivity index (χ4n) is 3.24. The van der Waals surface area contributed by atoms with Crippen molar-refractivity contribution in [2.24, 2.45) is 0 Å². The molecule has 5 nitrogen and oxygen atoms in total. The van der Waals surface area contributed by atoms with Gasteiger partial charge >= 0.3 is 0 Å². The van der Waals surface area contributed by atoms with Crippen LogP contribution in [0.4, 0.5) is 5.69 Å². The average Bonchev–Trinajstić information content (AvgIpc) is 3.03. The van der Waals surface area contributed by atoms with Crippen LogP contribution in [-0.4, -0.2) is 30.0 Å². The number of hydrogen-bond acceptors (Lipinski definition) is 6. The zero-order chi connectivity index (χ0) is 16.7. The number of aromatic nitrogens is 2. The molecule has 124 valence electrons. The molecule has 1 aliphatic heterocycles. The minimum atomic E-state index is -3.17. The second-order valence-corrected chi connectivity index (χ2v) is 8.68. The lowest BCUT2D eigenvalue weighted by Gasteiger charge is -2.31. The normalized spacial score (nSPS) is 14.8. The van der Waals surface area contributed by atoms with Gasteiger partial charge in [-0.2, -0.15) is 8.75 Å². The first kappa shape index (κ1) is 15.5.